The first kappa shape index (κ1) is 13.1. The SMILES string of the molecule is Cc1ccc(C)c(Cc2nc(N3CCC(N)C3)n[nH]2)c1. The largest absolute Gasteiger partial charge is 0.338 e. The summed E-state index contributed by atoms with van der Waals surface area (Å²) in [7, 11) is 0. The average Bonchev–Trinajstić information content (AvgIpc) is 3.03. The number of rotatable bonds is 3. The Kier molecular flexibility index (Phi) is 3.44. The van der Waals surface area contributed by atoms with Crippen LogP contribution in [0.5, 0.6) is 0 Å². The van der Waals surface area contributed by atoms with Gasteiger partial charge in [-0.3, -0.25) is 5.10 Å². The van der Waals surface area contributed by atoms with Crippen molar-refractivity contribution in [3.8, 4) is 0 Å². The van der Waals surface area contributed by atoms with Gasteiger partial charge in [-0.05, 0) is 31.4 Å². The highest BCUT2D eigenvalue weighted by Gasteiger charge is 2.22. The molecule has 3 N–H and O–H groups in total. The van der Waals surface area contributed by atoms with Crippen molar-refractivity contribution in [2.24, 2.45) is 5.73 Å². The second kappa shape index (κ2) is 5.25. The number of nitrogens with two attached hydrogens (primary N) is 1. The molecule has 0 spiro atoms. The van der Waals surface area contributed by atoms with Crippen molar-refractivity contribution in [2.45, 2.75) is 32.7 Å². The van der Waals surface area contributed by atoms with Gasteiger partial charge in [-0.1, -0.05) is 23.8 Å². The zero-order chi connectivity index (χ0) is 14.1. The summed E-state index contributed by atoms with van der Waals surface area (Å²) >= 11 is 0. The van der Waals surface area contributed by atoms with Gasteiger partial charge >= 0.3 is 0 Å². The summed E-state index contributed by atoms with van der Waals surface area (Å²) in [4.78, 5) is 6.74. The Hall–Kier alpha value is -1.88. The number of nitrogens with one attached hydrogen (secondary N) is 1. The van der Waals surface area contributed by atoms with Crippen LogP contribution in [0.4, 0.5) is 5.95 Å². The number of hydrogen-bond donors (Lipinski definition) is 2. The van der Waals surface area contributed by atoms with Crippen LogP contribution in [0, 0.1) is 13.8 Å². The first-order valence-corrected chi connectivity index (χ1v) is 7.10. The van der Waals surface area contributed by atoms with Gasteiger partial charge in [0, 0.05) is 25.6 Å². The van der Waals surface area contributed by atoms with Gasteiger partial charge in [-0.15, -0.1) is 5.10 Å². The van der Waals surface area contributed by atoms with Crippen LogP contribution >= 0.6 is 0 Å². The molecule has 2 aromatic rings. The number of aromatic nitrogens is 3. The topological polar surface area (TPSA) is 70.8 Å². The summed E-state index contributed by atoms with van der Waals surface area (Å²) in [5.74, 6) is 1.69. The molecule has 1 aromatic heterocycles. The number of aryl methyl sites for hydroxylation is 2. The van der Waals surface area contributed by atoms with E-state index in [0.717, 1.165) is 37.7 Å². The van der Waals surface area contributed by atoms with Gasteiger partial charge in [0.2, 0.25) is 5.95 Å². The molecule has 3 rings (SSSR count). The number of aromatic amines is 1. The molecule has 20 heavy (non-hydrogen) atoms. The first-order chi connectivity index (χ1) is 9.61. The molecule has 1 saturated heterocycles. The molecule has 5 nitrogen and oxygen atoms in total. The maximum absolute atomic E-state index is 5.92. The van der Waals surface area contributed by atoms with E-state index in [9.17, 15) is 0 Å². The highest BCUT2D eigenvalue weighted by molar-refractivity contribution is 5.35. The molecular formula is C15H21N5. The summed E-state index contributed by atoms with van der Waals surface area (Å²) < 4.78 is 0. The summed E-state index contributed by atoms with van der Waals surface area (Å²) in [6, 6.07) is 6.75. The van der Waals surface area contributed by atoms with E-state index in [1.54, 1.807) is 0 Å². The van der Waals surface area contributed by atoms with Crippen LogP contribution in [-0.2, 0) is 6.42 Å². The fourth-order valence-electron chi connectivity index (χ4n) is 2.65. The van der Waals surface area contributed by atoms with Crippen LogP contribution in [0.1, 0.15) is 28.9 Å². The van der Waals surface area contributed by atoms with Crippen molar-refractivity contribution in [3.05, 3.63) is 40.7 Å². The van der Waals surface area contributed by atoms with Gasteiger partial charge in [0.1, 0.15) is 5.82 Å². The van der Waals surface area contributed by atoms with E-state index >= 15 is 0 Å². The fourth-order valence-corrected chi connectivity index (χ4v) is 2.65. The number of hydrogen-bond acceptors (Lipinski definition) is 4. The lowest BCUT2D eigenvalue weighted by molar-refractivity contribution is 0.750. The van der Waals surface area contributed by atoms with Gasteiger partial charge < -0.3 is 10.6 Å². The highest BCUT2D eigenvalue weighted by Crippen LogP contribution is 2.17. The summed E-state index contributed by atoms with van der Waals surface area (Å²) in [5.41, 5.74) is 9.78. The quantitative estimate of drug-likeness (QED) is 0.888. The Morgan fingerprint density at radius 1 is 1.40 bits per heavy atom. The number of nitrogens with zero attached hydrogens (tertiary/aromatic N) is 3. The monoisotopic (exact) mass is 271 g/mol. The van der Waals surface area contributed by atoms with E-state index in [0.29, 0.717) is 0 Å². The summed E-state index contributed by atoms with van der Waals surface area (Å²) in [5, 5.41) is 7.36. The van der Waals surface area contributed by atoms with Crippen LogP contribution in [0.15, 0.2) is 18.2 Å². The predicted octanol–water partition coefficient (Wildman–Crippen LogP) is 1.55. The molecule has 1 aliphatic rings. The molecule has 5 heteroatoms. The zero-order valence-electron chi connectivity index (χ0n) is 12.1. The Balaban J connectivity index is 1.75. The fraction of sp³-hybridized carbons (Fsp3) is 0.467. The molecule has 0 radical (unpaired) electrons. The van der Waals surface area contributed by atoms with Gasteiger partial charge in [-0.2, -0.15) is 4.98 Å². The Morgan fingerprint density at radius 3 is 3.00 bits per heavy atom. The molecule has 2 heterocycles. The molecule has 1 atom stereocenters. The standard InChI is InChI=1S/C15H21N5/c1-10-3-4-11(2)12(7-10)8-14-17-15(19-18-14)20-6-5-13(16)9-20/h3-4,7,13H,5-6,8-9,16H2,1-2H3,(H,17,18,19). The van der Waals surface area contributed by atoms with E-state index in [4.69, 9.17) is 5.73 Å². The second-order valence-electron chi connectivity index (χ2n) is 5.68. The van der Waals surface area contributed by atoms with Crippen molar-refractivity contribution in [3.63, 3.8) is 0 Å². The minimum atomic E-state index is 0.246. The first-order valence-electron chi connectivity index (χ1n) is 7.10. The molecule has 106 valence electrons. The maximum Gasteiger partial charge on any atom is 0.244 e. The van der Waals surface area contributed by atoms with E-state index in [1.165, 1.54) is 16.7 Å². The summed E-state index contributed by atoms with van der Waals surface area (Å²) in [6.07, 6.45) is 1.81. The van der Waals surface area contributed by atoms with Crippen LogP contribution < -0.4 is 10.6 Å². The Bertz CT molecular complexity index is 604. The molecule has 0 bridgehead atoms. The third kappa shape index (κ3) is 2.67. The lowest BCUT2D eigenvalue weighted by Gasteiger charge is -2.11. The van der Waals surface area contributed by atoms with Crippen molar-refractivity contribution in [2.75, 3.05) is 18.0 Å². The molecular weight excluding hydrogens is 250 g/mol. The minimum absolute atomic E-state index is 0.246. The van der Waals surface area contributed by atoms with Gasteiger partial charge in [0.25, 0.3) is 0 Å². The molecule has 0 amide bonds. The minimum Gasteiger partial charge on any atom is -0.338 e. The molecule has 0 aliphatic carbocycles. The van der Waals surface area contributed by atoms with Crippen LogP contribution in [0.25, 0.3) is 0 Å². The Labute approximate surface area is 119 Å². The normalized spacial score (nSPS) is 18.8. The van der Waals surface area contributed by atoms with Crippen LogP contribution in [-0.4, -0.2) is 34.3 Å². The van der Waals surface area contributed by atoms with Gasteiger partial charge in [0.05, 0.1) is 0 Å². The van der Waals surface area contributed by atoms with Crippen LogP contribution in [0.3, 0.4) is 0 Å². The van der Waals surface area contributed by atoms with Crippen molar-refractivity contribution >= 4 is 5.95 Å². The molecule has 1 aromatic carbocycles. The smallest absolute Gasteiger partial charge is 0.244 e. The number of anilines is 1. The third-order valence-corrected chi connectivity index (χ3v) is 3.89. The van der Waals surface area contributed by atoms with Gasteiger partial charge in [0.15, 0.2) is 0 Å². The Morgan fingerprint density at radius 2 is 2.25 bits per heavy atom. The van der Waals surface area contributed by atoms with E-state index in [1.807, 2.05) is 0 Å². The number of benzene rings is 1. The summed E-state index contributed by atoms with van der Waals surface area (Å²) in [6.45, 7) is 6.04. The van der Waals surface area contributed by atoms with Crippen molar-refractivity contribution in [1.29, 1.82) is 0 Å². The average molecular weight is 271 g/mol. The third-order valence-electron chi connectivity index (χ3n) is 3.89. The van der Waals surface area contributed by atoms with Crippen LogP contribution in [0.2, 0.25) is 0 Å². The van der Waals surface area contributed by atoms with E-state index < -0.39 is 0 Å². The lowest BCUT2D eigenvalue weighted by Crippen LogP contribution is -2.27. The van der Waals surface area contributed by atoms with E-state index in [2.05, 4.69) is 52.1 Å². The zero-order valence-corrected chi connectivity index (χ0v) is 12.1. The van der Waals surface area contributed by atoms with Crippen molar-refractivity contribution < 1.29 is 0 Å². The molecule has 0 saturated carbocycles. The molecule has 1 aliphatic heterocycles. The molecule has 1 fully saturated rings. The molecule has 1 unspecified atom stereocenters. The second-order valence-corrected chi connectivity index (χ2v) is 5.68. The van der Waals surface area contributed by atoms with Crippen molar-refractivity contribution in [1.82, 2.24) is 15.2 Å². The lowest BCUT2D eigenvalue weighted by atomic mass is 10.0. The van der Waals surface area contributed by atoms with Gasteiger partial charge in [-0.25, -0.2) is 0 Å². The highest BCUT2D eigenvalue weighted by atomic mass is 15.4. The van der Waals surface area contributed by atoms with E-state index in [-0.39, 0.29) is 6.04 Å². The number of H-pyrrole nitrogens is 1. The maximum atomic E-state index is 5.92. The predicted molar refractivity (Wildman–Crippen MR) is 79.9 cm³/mol.